The van der Waals surface area contributed by atoms with E-state index in [-0.39, 0.29) is 35.3 Å². The number of rotatable bonds is 8. The summed E-state index contributed by atoms with van der Waals surface area (Å²) in [6.45, 7) is 3.52. The summed E-state index contributed by atoms with van der Waals surface area (Å²) in [4.78, 5) is 20.2. The highest BCUT2D eigenvalue weighted by molar-refractivity contribution is 7.11. The first-order valence-electron chi connectivity index (χ1n) is 13.7. The molecule has 1 amide bonds. The molecule has 2 aromatic heterocycles. The lowest BCUT2D eigenvalue weighted by Gasteiger charge is -2.48. The maximum absolute atomic E-state index is 13.2. The predicted molar refractivity (Wildman–Crippen MR) is 145 cm³/mol. The Morgan fingerprint density at radius 1 is 1.17 bits per heavy atom. The van der Waals surface area contributed by atoms with E-state index >= 15 is 0 Å². The quantitative estimate of drug-likeness (QED) is 0.299. The third-order valence-electron chi connectivity index (χ3n) is 7.87. The molecule has 230 valence electrons. The largest absolute Gasteiger partial charge is 0.416 e. The van der Waals surface area contributed by atoms with E-state index in [0.717, 1.165) is 34.9 Å². The summed E-state index contributed by atoms with van der Waals surface area (Å²) in [6.07, 6.45) is -4.69. The standard InChI is InChI=1S/C27H32F6N6O2S/c1-15(2)24-35-10-21(42-24)25(41)7-5-18(6-8-25)38-12-17(13-38)36-22(40)11-34-23-19-9-16(27(31,32)33)3-4-20(19)39(37-23)14-26(28,29)30/h3-4,9-10,15,17-18,41H,5-8,11-14H2,1-2H3,(H,34,37)(H,36,40). The maximum atomic E-state index is 13.2. The minimum atomic E-state index is -4.69. The third kappa shape index (κ3) is 6.67. The van der Waals surface area contributed by atoms with Crippen molar-refractivity contribution in [3.8, 4) is 0 Å². The first-order valence-corrected chi connectivity index (χ1v) is 14.5. The number of hydrogen-bond donors (Lipinski definition) is 3. The van der Waals surface area contributed by atoms with E-state index in [1.807, 2.05) is 0 Å². The number of halogens is 6. The van der Waals surface area contributed by atoms with Gasteiger partial charge in [0.25, 0.3) is 0 Å². The van der Waals surface area contributed by atoms with Crippen molar-refractivity contribution in [2.45, 2.75) is 82.0 Å². The number of alkyl halides is 6. The van der Waals surface area contributed by atoms with Crippen LogP contribution in [0.2, 0.25) is 0 Å². The van der Waals surface area contributed by atoms with Gasteiger partial charge in [0.2, 0.25) is 5.91 Å². The molecular formula is C27H32F6N6O2S. The van der Waals surface area contributed by atoms with Gasteiger partial charge in [-0.3, -0.25) is 14.4 Å². The Morgan fingerprint density at radius 3 is 2.45 bits per heavy atom. The number of anilines is 1. The fraction of sp³-hybridized carbons (Fsp3) is 0.593. The fourth-order valence-corrected chi connectivity index (χ4v) is 6.65. The second-order valence-corrected chi connectivity index (χ2v) is 12.5. The number of nitrogens with one attached hydrogen (secondary N) is 2. The van der Waals surface area contributed by atoms with Crippen LogP contribution in [0.3, 0.4) is 0 Å². The van der Waals surface area contributed by atoms with Gasteiger partial charge in [0, 0.05) is 36.6 Å². The van der Waals surface area contributed by atoms with Crippen LogP contribution in [0.15, 0.2) is 24.4 Å². The lowest BCUT2D eigenvalue weighted by molar-refractivity contribution is -0.142. The van der Waals surface area contributed by atoms with Crippen molar-refractivity contribution in [3.05, 3.63) is 39.8 Å². The van der Waals surface area contributed by atoms with Crippen molar-refractivity contribution in [1.29, 1.82) is 0 Å². The van der Waals surface area contributed by atoms with Crippen molar-refractivity contribution < 1.29 is 36.2 Å². The fourth-order valence-electron chi connectivity index (χ4n) is 5.58. The lowest BCUT2D eigenvalue weighted by Crippen LogP contribution is -2.63. The van der Waals surface area contributed by atoms with Crippen molar-refractivity contribution in [2.24, 2.45) is 0 Å². The molecule has 42 heavy (non-hydrogen) atoms. The molecule has 0 atom stereocenters. The Labute approximate surface area is 242 Å². The van der Waals surface area contributed by atoms with Gasteiger partial charge in [-0.05, 0) is 43.9 Å². The molecule has 1 saturated carbocycles. The van der Waals surface area contributed by atoms with Crippen molar-refractivity contribution >= 4 is 34.0 Å². The summed E-state index contributed by atoms with van der Waals surface area (Å²) in [6, 6.07) is 2.51. The summed E-state index contributed by atoms with van der Waals surface area (Å²) in [7, 11) is 0. The van der Waals surface area contributed by atoms with Gasteiger partial charge < -0.3 is 15.7 Å². The molecule has 0 unspecified atom stereocenters. The van der Waals surface area contributed by atoms with Gasteiger partial charge in [-0.1, -0.05) is 13.8 Å². The normalized spacial score (nSPS) is 22.5. The van der Waals surface area contributed by atoms with Crippen LogP contribution in [0.25, 0.3) is 10.9 Å². The Kier molecular flexibility index (Phi) is 8.22. The van der Waals surface area contributed by atoms with Crippen LogP contribution in [0.4, 0.5) is 32.2 Å². The number of benzene rings is 1. The van der Waals surface area contributed by atoms with E-state index in [0.29, 0.717) is 42.6 Å². The minimum Gasteiger partial charge on any atom is -0.384 e. The zero-order valence-corrected chi connectivity index (χ0v) is 23.8. The average Bonchev–Trinajstić information content (AvgIpc) is 3.50. The van der Waals surface area contributed by atoms with Crippen LogP contribution in [0.5, 0.6) is 0 Å². The number of aromatic nitrogens is 3. The summed E-state index contributed by atoms with van der Waals surface area (Å²) >= 11 is 1.56. The molecule has 2 fully saturated rings. The van der Waals surface area contributed by atoms with Crippen LogP contribution >= 0.6 is 11.3 Å². The zero-order chi connectivity index (χ0) is 30.4. The molecule has 1 aliphatic heterocycles. The van der Waals surface area contributed by atoms with Gasteiger partial charge in [-0.25, -0.2) is 4.98 Å². The van der Waals surface area contributed by atoms with E-state index in [4.69, 9.17) is 0 Å². The molecule has 3 aromatic rings. The van der Waals surface area contributed by atoms with E-state index in [2.05, 4.69) is 39.5 Å². The smallest absolute Gasteiger partial charge is 0.384 e. The maximum Gasteiger partial charge on any atom is 0.416 e. The number of carbonyl (C=O) groups is 1. The molecule has 1 aromatic carbocycles. The van der Waals surface area contributed by atoms with Crippen molar-refractivity contribution in [2.75, 3.05) is 25.0 Å². The Balaban J connectivity index is 1.13. The highest BCUT2D eigenvalue weighted by atomic mass is 32.1. The summed E-state index contributed by atoms with van der Waals surface area (Å²) in [5, 5.41) is 21.3. The number of hydrogen-bond acceptors (Lipinski definition) is 7. The van der Waals surface area contributed by atoms with Crippen molar-refractivity contribution in [3.63, 3.8) is 0 Å². The van der Waals surface area contributed by atoms with Gasteiger partial charge in [-0.2, -0.15) is 31.4 Å². The summed E-state index contributed by atoms with van der Waals surface area (Å²) < 4.78 is 79.3. The molecule has 8 nitrogen and oxygen atoms in total. The molecule has 2 aliphatic rings. The Bertz CT molecular complexity index is 1420. The monoisotopic (exact) mass is 618 g/mol. The summed E-state index contributed by atoms with van der Waals surface area (Å²) in [5.41, 5.74) is -2.03. The molecular weight excluding hydrogens is 586 g/mol. The highest BCUT2D eigenvalue weighted by Gasteiger charge is 2.41. The molecule has 15 heteroatoms. The molecule has 3 heterocycles. The number of likely N-dealkylation sites (tertiary alicyclic amines) is 1. The zero-order valence-electron chi connectivity index (χ0n) is 23.0. The average molecular weight is 619 g/mol. The van der Waals surface area contributed by atoms with Crippen LogP contribution in [-0.4, -0.2) is 68.6 Å². The Hall–Kier alpha value is -2.91. The minimum absolute atomic E-state index is 0.132. The van der Waals surface area contributed by atoms with Crippen LogP contribution in [0.1, 0.15) is 60.9 Å². The second kappa shape index (κ2) is 11.3. The molecule has 3 N–H and O–H groups in total. The predicted octanol–water partition coefficient (Wildman–Crippen LogP) is 5.24. The molecule has 1 aliphatic carbocycles. The second-order valence-electron chi connectivity index (χ2n) is 11.4. The van der Waals surface area contributed by atoms with E-state index in [9.17, 15) is 36.2 Å². The van der Waals surface area contributed by atoms with Crippen LogP contribution < -0.4 is 10.6 Å². The first-order chi connectivity index (χ1) is 19.6. The first kappa shape index (κ1) is 30.5. The number of amides is 1. The third-order valence-corrected chi connectivity index (χ3v) is 9.36. The topological polar surface area (TPSA) is 95.3 Å². The highest BCUT2D eigenvalue weighted by Crippen LogP contribution is 2.42. The van der Waals surface area contributed by atoms with Gasteiger partial charge in [0.1, 0.15) is 12.1 Å². The SMILES string of the molecule is CC(C)c1ncc(C2(O)CCC(N3CC(NC(=O)CNc4nn(CC(F)(F)F)c5ccc(C(F)(F)F)cc45)C3)CC2)s1. The number of nitrogens with zero attached hydrogens (tertiary/aromatic N) is 4. The van der Waals surface area contributed by atoms with Gasteiger partial charge in [0.05, 0.1) is 33.6 Å². The van der Waals surface area contributed by atoms with Gasteiger partial charge in [0.15, 0.2) is 5.82 Å². The van der Waals surface area contributed by atoms with E-state index in [1.165, 1.54) is 0 Å². The lowest BCUT2D eigenvalue weighted by atomic mass is 9.80. The number of aliphatic hydroxyl groups is 1. The van der Waals surface area contributed by atoms with Gasteiger partial charge >= 0.3 is 12.4 Å². The molecule has 0 spiro atoms. The number of fused-ring (bicyclic) bond motifs is 1. The molecule has 0 radical (unpaired) electrons. The Morgan fingerprint density at radius 2 is 1.86 bits per heavy atom. The summed E-state index contributed by atoms with van der Waals surface area (Å²) in [5.74, 6) is -0.378. The molecule has 1 saturated heterocycles. The number of carbonyl (C=O) groups excluding carboxylic acids is 1. The van der Waals surface area contributed by atoms with Gasteiger partial charge in [-0.15, -0.1) is 11.3 Å². The molecule has 0 bridgehead atoms. The number of thiazole rings is 1. The van der Waals surface area contributed by atoms with Crippen LogP contribution in [-0.2, 0) is 23.1 Å². The van der Waals surface area contributed by atoms with E-state index < -0.39 is 36.0 Å². The van der Waals surface area contributed by atoms with E-state index in [1.54, 1.807) is 17.5 Å². The van der Waals surface area contributed by atoms with Crippen molar-refractivity contribution in [1.82, 2.24) is 25.0 Å². The molecule has 5 rings (SSSR count). The van der Waals surface area contributed by atoms with Crippen LogP contribution in [0, 0.1) is 0 Å².